The Bertz CT molecular complexity index is 501. The molecule has 1 amide bonds. The van der Waals surface area contributed by atoms with Crippen molar-refractivity contribution >= 4 is 17.3 Å². The van der Waals surface area contributed by atoms with E-state index in [-0.39, 0.29) is 11.9 Å². The first-order chi connectivity index (χ1) is 10.0. The zero-order valence-corrected chi connectivity index (χ0v) is 13.2. The fraction of sp³-hybridized carbons (Fsp3) is 0.562. The molecule has 116 valence electrons. The number of nitrogen functional groups attached to an aromatic ring is 1. The first-order valence-corrected chi connectivity index (χ1v) is 7.61. The first kappa shape index (κ1) is 15.6. The van der Waals surface area contributed by atoms with Gasteiger partial charge in [-0.3, -0.25) is 4.79 Å². The number of piperidine rings is 1. The van der Waals surface area contributed by atoms with Crippen LogP contribution in [0, 0.1) is 0 Å². The normalized spacial score (nSPS) is 19.3. The van der Waals surface area contributed by atoms with E-state index in [2.05, 4.69) is 17.1 Å². The van der Waals surface area contributed by atoms with Gasteiger partial charge < -0.3 is 20.9 Å². The summed E-state index contributed by atoms with van der Waals surface area (Å²) in [6.07, 6.45) is 2.18. The molecule has 1 aromatic carbocycles. The van der Waals surface area contributed by atoms with Crippen molar-refractivity contribution in [3.63, 3.8) is 0 Å². The molecule has 2 rings (SSSR count). The molecule has 0 aromatic heterocycles. The number of nitrogens with two attached hydrogens (primary N) is 1. The zero-order chi connectivity index (χ0) is 15.4. The zero-order valence-electron chi connectivity index (χ0n) is 13.2. The monoisotopic (exact) mass is 290 g/mol. The maximum absolute atomic E-state index is 12.6. The summed E-state index contributed by atoms with van der Waals surface area (Å²) in [6, 6.07) is 5.70. The minimum Gasteiger partial charge on any atom is -0.399 e. The van der Waals surface area contributed by atoms with Crippen molar-refractivity contribution in [3.8, 4) is 0 Å². The number of rotatable bonds is 4. The van der Waals surface area contributed by atoms with Crippen LogP contribution in [0.1, 0.15) is 30.1 Å². The molecular weight excluding hydrogens is 264 g/mol. The van der Waals surface area contributed by atoms with Gasteiger partial charge in [-0.25, -0.2) is 0 Å². The second kappa shape index (κ2) is 6.80. The van der Waals surface area contributed by atoms with E-state index in [0.717, 1.165) is 38.2 Å². The summed E-state index contributed by atoms with van der Waals surface area (Å²) >= 11 is 0. The molecule has 1 aromatic rings. The molecule has 5 nitrogen and oxygen atoms in total. The molecule has 0 spiro atoms. The van der Waals surface area contributed by atoms with Crippen molar-refractivity contribution in [1.29, 1.82) is 0 Å². The molecular formula is C16H26N4O. The number of likely N-dealkylation sites (tertiary alicyclic amines) is 1. The topological polar surface area (TPSA) is 61.6 Å². The molecule has 1 saturated heterocycles. The second-order valence-electron chi connectivity index (χ2n) is 5.88. The second-order valence-corrected chi connectivity index (χ2v) is 5.88. The number of carbonyl (C=O) groups is 1. The molecule has 0 radical (unpaired) electrons. The summed E-state index contributed by atoms with van der Waals surface area (Å²) in [5, 5.41) is 3.16. The Morgan fingerprint density at radius 2 is 2.24 bits per heavy atom. The van der Waals surface area contributed by atoms with Gasteiger partial charge in [0.15, 0.2) is 0 Å². The van der Waals surface area contributed by atoms with Crippen LogP contribution in [-0.4, -0.2) is 50.6 Å². The number of nitrogens with one attached hydrogen (secondary N) is 1. The Balaban J connectivity index is 2.11. The number of hydrogen-bond acceptors (Lipinski definition) is 4. The molecule has 1 atom stereocenters. The Morgan fingerprint density at radius 3 is 2.90 bits per heavy atom. The molecule has 0 saturated carbocycles. The average Bonchev–Trinajstić information content (AvgIpc) is 2.47. The molecule has 0 bridgehead atoms. The van der Waals surface area contributed by atoms with Crippen molar-refractivity contribution in [3.05, 3.63) is 23.8 Å². The molecule has 1 aliphatic heterocycles. The van der Waals surface area contributed by atoms with Crippen LogP contribution in [0.25, 0.3) is 0 Å². The summed E-state index contributed by atoms with van der Waals surface area (Å²) in [6.45, 7) is 5.26. The quantitative estimate of drug-likeness (QED) is 0.826. The highest BCUT2D eigenvalue weighted by Crippen LogP contribution is 2.22. The van der Waals surface area contributed by atoms with E-state index in [0.29, 0.717) is 11.3 Å². The highest BCUT2D eigenvalue weighted by atomic mass is 16.1. The average molecular weight is 290 g/mol. The third-order valence-electron chi connectivity index (χ3n) is 4.03. The number of likely N-dealkylation sites (N-methyl/N-ethyl adjacent to an activating group) is 1. The van der Waals surface area contributed by atoms with Gasteiger partial charge in [-0.15, -0.1) is 0 Å². The van der Waals surface area contributed by atoms with Gasteiger partial charge in [0.05, 0.1) is 5.56 Å². The Hall–Kier alpha value is -1.75. The molecule has 1 aliphatic rings. The lowest BCUT2D eigenvalue weighted by atomic mass is 10.0. The highest BCUT2D eigenvalue weighted by molar-refractivity contribution is 6.00. The highest BCUT2D eigenvalue weighted by Gasteiger charge is 2.22. The van der Waals surface area contributed by atoms with E-state index in [1.807, 2.05) is 31.1 Å². The molecule has 5 heteroatoms. The fourth-order valence-corrected chi connectivity index (χ4v) is 2.85. The van der Waals surface area contributed by atoms with Crippen molar-refractivity contribution in [1.82, 2.24) is 10.2 Å². The predicted octanol–water partition coefficient (Wildman–Crippen LogP) is 1.55. The lowest BCUT2D eigenvalue weighted by Gasteiger charge is -2.32. The van der Waals surface area contributed by atoms with Crippen LogP contribution in [0.15, 0.2) is 18.2 Å². The van der Waals surface area contributed by atoms with Gasteiger partial charge in [-0.05, 0) is 44.1 Å². The van der Waals surface area contributed by atoms with E-state index < -0.39 is 0 Å². The van der Waals surface area contributed by atoms with E-state index in [4.69, 9.17) is 5.73 Å². The summed E-state index contributed by atoms with van der Waals surface area (Å²) in [4.78, 5) is 16.9. The molecule has 1 heterocycles. The van der Waals surface area contributed by atoms with Gasteiger partial charge in [0.1, 0.15) is 0 Å². The van der Waals surface area contributed by atoms with Gasteiger partial charge in [0, 0.05) is 38.1 Å². The van der Waals surface area contributed by atoms with Crippen LogP contribution in [0.3, 0.4) is 0 Å². The minimum absolute atomic E-state index is 0.0334. The number of benzene rings is 1. The maximum Gasteiger partial charge on any atom is 0.253 e. The third-order valence-corrected chi connectivity index (χ3v) is 4.03. The lowest BCUT2D eigenvalue weighted by molar-refractivity contribution is 0.0906. The van der Waals surface area contributed by atoms with Crippen molar-refractivity contribution in [2.75, 3.05) is 44.4 Å². The Kier molecular flexibility index (Phi) is 5.07. The Labute approximate surface area is 127 Å². The number of amides is 1. The van der Waals surface area contributed by atoms with Gasteiger partial charge in [0.2, 0.25) is 0 Å². The van der Waals surface area contributed by atoms with Crippen LogP contribution >= 0.6 is 0 Å². The largest absolute Gasteiger partial charge is 0.399 e. The minimum atomic E-state index is -0.0334. The molecule has 1 fully saturated rings. The van der Waals surface area contributed by atoms with Crippen molar-refractivity contribution < 1.29 is 4.79 Å². The smallest absolute Gasteiger partial charge is 0.253 e. The number of carbonyl (C=O) groups excluding carboxylic acids is 1. The van der Waals surface area contributed by atoms with Crippen molar-refractivity contribution in [2.24, 2.45) is 0 Å². The molecule has 21 heavy (non-hydrogen) atoms. The summed E-state index contributed by atoms with van der Waals surface area (Å²) in [5.41, 5.74) is 7.99. The van der Waals surface area contributed by atoms with Crippen molar-refractivity contribution in [2.45, 2.75) is 25.8 Å². The van der Waals surface area contributed by atoms with Gasteiger partial charge in [0.25, 0.3) is 5.91 Å². The van der Waals surface area contributed by atoms with E-state index in [9.17, 15) is 4.79 Å². The standard InChI is InChI=1S/C16H26N4O/c1-4-20-9-5-6-13(11-20)18-16(21)14-10-12(17)7-8-15(14)19(2)3/h7-8,10,13H,4-6,9,11,17H2,1-3H3,(H,18,21). The van der Waals surface area contributed by atoms with E-state index in [1.165, 1.54) is 0 Å². The predicted molar refractivity (Wildman–Crippen MR) is 87.8 cm³/mol. The van der Waals surface area contributed by atoms with E-state index in [1.54, 1.807) is 6.07 Å². The SMILES string of the molecule is CCN1CCCC(NC(=O)c2cc(N)ccc2N(C)C)C1. The fourth-order valence-electron chi connectivity index (χ4n) is 2.85. The third kappa shape index (κ3) is 3.88. The molecule has 1 unspecified atom stereocenters. The first-order valence-electron chi connectivity index (χ1n) is 7.61. The van der Waals surface area contributed by atoms with Crippen LogP contribution in [-0.2, 0) is 0 Å². The van der Waals surface area contributed by atoms with Gasteiger partial charge >= 0.3 is 0 Å². The van der Waals surface area contributed by atoms with Gasteiger partial charge in [-0.2, -0.15) is 0 Å². The van der Waals surface area contributed by atoms with Crippen LogP contribution in [0.2, 0.25) is 0 Å². The Morgan fingerprint density at radius 1 is 1.48 bits per heavy atom. The number of nitrogens with zero attached hydrogens (tertiary/aromatic N) is 2. The van der Waals surface area contributed by atoms with Crippen LogP contribution < -0.4 is 16.0 Å². The van der Waals surface area contributed by atoms with Gasteiger partial charge in [-0.1, -0.05) is 6.92 Å². The summed E-state index contributed by atoms with van der Waals surface area (Å²) < 4.78 is 0. The number of hydrogen-bond donors (Lipinski definition) is 2. The summed E-state index contributed by atoms with van der Waals surface area (Å²) in [7, 11) is 3.86. The lowest BCUT2D eigenvalue weighted by Crippen LogP contribution is -2.47. The van der Waals surface area contributed by atoms with Crippen LogP contribution in [0.4, 0.5) is 11.4 Å². The summed E-state index contributed by atoms with van der Waals surface area (Å²) in [5.74, 6) is -0.0334. The van der Waals surface area contributed by atoms with Crippen LogP contribution in [0.5, 0.6) is 0 Å². The maximum atomic E-state index is 12.6. The molecule has 3 N–H and O–H groups in total. The number of anilines is 2. The van der Waals surface area contributed by atoms with E-state index >= 15 is 0 Å². The molecule has 0 aliphatic carbocycles.